The molecule has 0 radical (unpaired) electrons. The Labute approximate surface area is 89.6 Å². The van der Waals surface area contributed by atoms with E-state index in [0.29, 0.717) is 5.75 Å². The van der Waals surface area contributed by atoms with Crippen LogP contribution in [0.15, 0.2) is 27.8 Å². The normalized spacial score (nSPS) is 12.8. The van der Waals surface area contributed by atoms with Crippen LogP contribution in [0.5, 0.6) is 0 Å². The number of aromatic nitrogens is 1. The number of hydrogen-bond acceptors (Lipinski definition) is 4. The standard InChI is InChI=1S/C8H10BrNO2S/c1-12-8(11)5-13-7-2-6(9)3-10-4-7/h2-4,8,11H,5H2,1H3. The van der Waals surface area contributed by atoms with E-state index in [9.17, 15) is 0 Å². The van der Waals surface area contributed by atoms with Crippen LogP contribution in [0.4, 0.5) is 0 Å². The van der Waals surface area contributed by atoms with Gasteiger partial charge in [0, 0.05) is 34.6 Å². The largest absolute Gasteiger partial charge is 0.367 e. The first-order chi connectivity index (χ1) is 6.22. The Hall–Kier alpha value is -0.100. The Bertz CT molecular complexity index is 272. The first-order valence-corrected chi connectivity index (χ1v) is 5.44. The third kappa shape index (κ3) is 4.08. The smallest absolute Gasteiger partial charge is 0.163 e. The van der Waals surface area contributed by atoms with Crippen molar-refractivity contribution in [3.8, 4) is 0 Å². The van der Waals surface area contributed by atoms with Crippen molar-refractivity contribution < 1.29 is 9.84 Å². The molecule has 1 aromatic rings. The highest BCUT2D eigenvalue weighted by Gasteiger charge is 2.02. The van der Waals surface area contributed by atoms with Crippen molar-refractivity contribution in [2.45, 2.75) is 11.2 Å². The maximum absolute atomic E-state index is 9.11. The predicted octanol–water partition coefficient (Wildman–Crippen LogP) is 1.90. The summed E-state index contributed by atoms with van der Waals surface area (Å²) in [4.78, 5) is 5.00. The number of nitrogens with zero attached hydrogens (tertiary/aromatic N) is 1. The van der Waals surface area contributed by atoms with Crippen LogP contribution in [0.2, 0.25) is 0 Å². The molecule has 72 valence electrons. The fraction of sp³-hybridized carbons (Fsp3) is 0.375. The number of ether oxygens (including phenoxy) is 1. The second-order valence-electron chi connectivity index (χ2n) is 2.34. The lowest BCUT2D eigenvalue weighted by Crippen LogP contribution is -2.11. The minimum Gasteiger partial charge on any atom is -0.367 e. The molecule has 0 fully saturated rings. The van der Waals surface area contributed by atoms with Gasteiger partial charge in [-0.05, 0) is 22.0 Å². The summed E-state index contributed by atoms with van der Waals surface area (Å²) in [5.74, 6) is 0.509. The quantitative estimate of drug-likeness (QED) is 0.666. The van der Waals surface area contributed by atoms with Crippen molar-refractivity contribution in [1.82, 2.24) is 4.98 Å². The van der Waals surface area contributed by atoms with E-state index >= 15 is 0 Å². The number of methoxy groups -OCH3 is 1. The molecular weight excluding hydrogens is 254 g/mol. The van der Waals surface area contributed by atoms with E-state index in [-0.39, 0.29) is 0 Å². The van der Waals surface area contributed by atoms with Crippen molar-refractivity contribution in [2.24, 2.45) is 0 Å². The minimum absolute atomic E-state index is 0.509. The van der Waals surface area contributed by atoms with Crippen LogP contribution in [0.3, 0.4) is 0 Å². The number of halogens is 1. The number of pyridine rings is 1. The molecule has 0 aliphatic carbocycles. The molecule has 3 nitrogen and oxygen atoms in total. The summed E-state index contributed by atoms with van der Waals surface area (Å²) >= 11 is 4.82. The molecule has 1 aromatic heterocycles. The molecule has 0 aromatic carbocycles. The molecule has 0 saturated carbocycles. The van der Waals surface area contributed by atoms with Crippen LogP contribution in [0.25, 0.3) is 0 Å². The summed E-state index contributed by atoms with van der Waals surface area (Å²) in [7, 11) is 1.48. The molecule has 5 heteroatoms. The first-order valence-electron chi connectivity index (χ1n) is 3.66. The van der Waals surface area contributed by atoms with Crippen LogP contribution in [0, 0.1) is 0 Å². The average molecular weight is 264 g/mol. The molecule has 1 unspecified atom stereocenters. The lowest BCUT2D eigenvalue weighted by atomic mass is 10.5. The van der Waals surface area contributed by atoms with E-state index in [1.165, 1.54) is 18.9 Å². The van der Waals surface area contributed by atoms with Crippen molar-refractivity contribution in [3.05, 3.63) is 22.9 Å². The van der Waals surface area contributed by atoms with Crippen LogP contribution >= 0.6 is 27.7 Å². The highest BCUT2D eigenvalue weighted by Crippen LogP contribution is 2.21. The SMILES string of the molecule is COC(O)CSc1cncc(Br)c1. The van der Waals surface area contributed by atoms with Gasteiger partial charge in [0.15, 0.2) is 6.29 Å². The molecule has 0 aliphatic heterocycles. The zero-order chi connectivity index (χ0) is 9.68. The molecule has 1 heterocycles. The molecule has 13 heavy (non-hydrogen) atoms. The van der Waals surface area contributed by atoms with E-state index in [1.807, 2.05) is 6.07 Å². The van der Waals surface area contributed by atoms with Crippen LogP contribution < -0.4 is 0 Å². The number of rotatable bonds is 4. The van der Waals surface area contributed by atoms with Crippen molar-refractivity contribution in [2.75, 3.05) is 12.9 Å². The van der Waals surface area contributed by atoms with Crippen molar-refractivity contribution in [3.63, 3.8) is 0 Å². The Balaban J connectivity index is 2.45. The fourth-order valence-electron chi connectivity index (χ4n) is 0.707. The van der Waals surface area contributed by atoms with Crippen LogP contribution in [-0.2, 0) is 4.74 Å². The van der Waals surface area contributed by atoms with Gasteiger partial charge in [-0.1, -0.05) is 0 Å². The predicted molar refractivity (Wildman–Crippen MR) is 55.7 cm³/mol. The summed E-state index contributed by atoms with van der Waals surface area (Å²) in [6, 6.07) is 1.94. The average Bonchev–Trinajstić information content (AvgIpc) is 2.14. The molecule has 1 rings (SSSR count). The highest BCUT2D eigenvalue weighted by molar-refractivity contribution is 9.10. The maximum Gasteiger partial charge on any atom is 0.163 e. The third-order valence-corrected chi connectivity index (χ3v) is 2.79. The molecule has 0 amide bonds. The minimum atomic E-state index is -0.719. The first kappa shape index (κ1) is 11.0. The fourth-order valence-corrected chi connectivity index (χ4v) is 2.04. The van der Waals surface area contributed by atoms with E-state index in [1.54, 1.807) is 12.4 Å². The summed E-state index contributed by atoms with van der Waals surface area (Å²) < 4.78 is 5.64. The number of aliphatic hydroxyl groups excluding tert-OH is 1. The molecule has 0 spiro atoms. The van der Waals surface area contributed by atoms with Crippen LogP contribution in [-0.4, -0.2) is 29.2 Å². The number of hydrogen-bond donors (Lipinski definition) is 1. The van der Waals surface area contributed by atoms with Gasteiger partial charge >= 0.3 is 0 Å². The summed E-state index contributed by atoms with van der Waals surface area (Å²) in [6.45, 7) is 0. The molecule has 0 saturated heterocycles. The van der Waals surface area contributed by atoms with Gasteiger partial charge in [0.25, 0.3) is 0 Å². The van der Waals surface area contributed by atoms with E-state index in [2.05, 4.69) is 20.9 Å². The van der Waals surface area contributed by atoms with E-state index in [4.69, 9.17) is 9.84 Å². The Morgan fingerprint density at radius 2 is 2.46 bits per heavy atom. The lowest BCUT2D eigenvalue weighted by molar-refractivity contribution is -0.0545. The van der Waals surface area contributed by atoms with Gasteiger partial charge in [0.1, 0.15) is 0 Å². The van der Waals surface area contributed by atoms with Gasteiger partial charge in [-0.2, -0.15) is 0 Å². The molecular formula is C8H10BrNO2S. The van der Waals surface area contributed by atoms with Gasteiger partial charge in [0.05, 0.1) is 0 Å². The highest BCUT2D eigenvalue weighted by atomic mass is 79.9. The van der Waals surface area contributed by atoms with Crippen LogP contribution in [0.1, 0.15) is 0 Å². The Morgan fingerprint density at radius 3 is 3.08 bits per heavy atom. The zero-order valence-corrected chi connectivity index (χ0v) is 9.51. The molecule has 0 aliphatic rings. The third-order valence-electron chi connectivity index (χ3n) is 1.34. The topological polar surface area (TPSA) is 42.4 Å². The van der Waals surface area contributed by atoms with Gasteiger partial charge in [-0.25, -0.2) is 0 Å². The summed E-state index contributed by atoms with van der Waals surface area (Å²) in [5.41, 5.74) is 0. The van der Waals surface area contributed by atoms with Gasteiger partial charge < -0.3 is 9.84 Å². The maximum atomic E-state index is 9.11. The second kappa shape index (κ2) is 5.59. The van der Waals surface area contributed by atoms with E-state index < -0.39 is 6.29 Å². The number of aliphatic hydroxyl groups is 1. The lowest BCUT2D eigenvalue weighted by Gasteiger charge is -2.07. The monoisotopic (exact) mass is 263 g/mol. The summed E-state index contributed by atoms with van der Waals surface area (Å²) in [5, 5.41) is 9.11. The Kier molecular flexibility index (Phi) is 4.72. The van der Waals surface area contributed by atoms with Gasteiger partial charge in [-0.3, -0.25) is 4.98 Å². The summed E-state index contributed by atoms with van der Waals surface area (Å²) in [6.07, 6.45) is 2.75. The number of thioether (sulfide) groups is 1. The zero-order valence-electron chi connectivity index (χ0n) is 7.11. The van der Waals surface area contributed by atoms with Gasteiger partial charge in [-0.15, -0.1) is 11.8 Å². The molecule has 1 atom stereocenters. The van der Waals surface area contributed by atoms with Crippen molar-refractivity contribution >= 4 is 27.7 Å². The van der Waals surface area contributed by atoms with Gasteiger partial charge in [0.2, 0.25) is 0 Å². The molecule has 1 N–H and O–H groups in total. The van der Waals surface area contributed by atoms with Crippen molar-refractivity contribution in [1.29, 1.82) is 0 Å². The molecule has 0 bridgehead atoms. The second-order valence-corrected chi connectivity index (χ2v) is 4.35. The Morgan fingerprint density at radius 1 is 1.69 bits per heavy atom. The van der Waals surface area contributed by atoms with E-state index in [0.717, 1.165) is 9.37 Å².